The zero-order valence-corrected chi connectivity index (χ0v) is 12.9. The fourth-order valence-electron chi connectivity index (χ4n) is 2.21. The van der Waals surface area contributed by atoms with E-state index >= 15 is 0 Å². The number of aromatic amines is 1. The molecule has 0 saturated heterocycles. The highest BCUT2D eigenvalue weighted by molar-refractivity contribution is 7.71. The molecule has 4 nitrogen and oxygen atoms in total. The lowest BCUT2D eigenvalue weighted by atomic mass is 10.0. The summed E-state index contributed by atoms with van der Waals surface area (Å²) in [6.07, 6.45) is 3.87. The Morgan fingerprint density at radius 1 is 1.40 bits per heavy atom. The molecule has 0 radical (unpaired) electrons. The molecule has 1 aromatic carbocycles. The largest absolute Gasteiger partial charge is 0.250 e. The highest BCUT2D eigenvalue weighted by Gasteiger charge is 2.14. The van der Waals surface area contributed by atoms with E-state index in [1.807, 2.05) is 18.3 Å². The van der Waals surface area contributed by atoms with Crippen LogP contribution in [0.3, 0.4) is 0 Å². The van der Waals surface area contributed by atoms with Crippen LogP contribution in [0, 0.1) is 11.7 Å². The third kappa shape index (κ3) is 3.22. The molecule has 0 aliphatic rings. The van der Waals surface area contributed by atoms with Gasteiger partial charge in [0.15, 0.2) is 5.82 Å². The fourth-order valence-corrected chi connectivity index (χ4v) is 2.39. The van der Waals surface area contributed by atoms with Gasteiger partial charge in [-0.15, -0.1) is 0 Å². The van der Waals surface area contributed by atoms with Crippen LogP contribution in [0.1, 0.15) is 49.6 Å². The second-order valence-electron chi connectivity index (χ2n) is 4.87. The van der Waals surface area contributed by atoms with Gasteiger partial charge in [-0.05, 0) is 37.5 Å². The van der Waals surface area contributed by atoms with Crippen molar-refractivity contribution in [3.05, 3.63) is 46.0 Å². The van der Waals surface area contributed by atoms with Crippen molar-refractivity contribution in [3.8, 4) is 0 Å². The van der Waals surface area contributed by atoms with Gasteiger partial charge in [0.25, 0.3) is 0 Å². The van der Waals surface area contributed by atoms with Crippen LogP contribution in [0.2, 0.25) is 0 Å². The summed E-state index contributed by atoms with van der Waals surface area (Å²) < 4.78 is 2.27. The maximum atomic E-state index is 5.26. The van der Waals surface area contributed by atoms with Gasteiger partial charge < -0.3 is 0 Å². The molecule has 1 N–H and O–H groups in total. The van der Waals surface area contributed by atoms with E-state index in [-0.39, 0.29) is 0 Å². The SMILES string of the molecule is CCC(CC)c1n[nH]c(=S)n1/N=C\c1cccc(C)c1. The Balaban J connectivity index is 2.34. The molecule has 0 aliphatic heterocycles. The average molecular weight is 288 g/mol. The predicted octanol–water partition coefficient (Wildman–Crippen LogP) is 4.03. The van der Waals surface area contributed by atoms with E-state index in [2.05, 4.69) is 48.2 Å². The van der Waals surface area contributed by atoms with Gasteiger partial charge in [-0.25, -0.2) is 0 Å². The van der Waals surface area contributed by atoms with E-state index in [0.29, 0.717) is 10.7 Å². The minimum absolute atomic E-state index is 0.373. The minimum atomic E-state index is 0.373. The molecular formula is C15H20N4S. The van der Waals surface area contributed by atoms with Gasteiger partial charge in [0, 0.05) is 5.92 Å². The first-order valence-electron chi connectivity index (χ1n) is 6.94. The van der Waals surface area contributed by atoms with E-state index in [1.165, 1.54) is 5.56 Å². The molecule has 0 spiro atoms. The van der Waals surface area contributed by atoms with Crippen LogP contribution < -0.4 is 0 Å². The molecular weight excluding hydrogens is 268 g/mol. The molecule has 0 saturated carbocycles. The summed E-state index contributed by atoms with van der Waals surface area (Å²) in [6.45, 7) is 6.37. The highest BCUT2D eigenvalue weighted by atomic mass is 32.1. The number of aromatic nitrogens is 3. The van der Waals surface area contributed by atoms with Crippen LogP contribution >= 0.6 is 12.2 Å². The van der Waals surface area contributed by atoms with E-state index in [1.54, 1.807) is 4.68 Å². The molecule has 2 rings (SSSR count). The van der Waals surface area contributed by atoms with Crippen LogP contribution in [0.5, 0.6) is 0 Å². The van der Waals surface area contributed by atoms with E-state index in [4.69, 9.17) is 12.2 Å². The first kappa shape index (κ1) is 14.7. The van der Waals surface area contributed by atoms with Crippen molar-refractivity contribution in [3.63, 3.8) is 0 Å². The lowest BCUT2D eigenvalue weighted by Crippen LogP contribution is -2.05. The van der Waals surface area contributed by atoms with Gasteiger partial charge in [0.2, 0.25) is 4.77 Å². The number of nitrogens with zero attached hydrogens (tertiary/aromatic N) is 3. The lowest BCUT2D eigenvalue weighted by Gasteiger charge is -2.10. The number of hydrogen-bond acceptors (Lipinski definition) is 3. The molecule has 0 bridgehead atoms. The molecule has 106 valence electrons. The number of rotatable bonds is 5. The second kappa shape index (κ2) is 6.61. The van der Waals surface area contributed by atoms with Crippen molar-refractivity contribution >= 4 is 18.4 Å². The molecule has 5 heteroatoms. The average Bonchev–Trinajstić information content (AvgIpc) is 2.80. The number of benzene rings is 1. The Morgan fingerprint density at radius 3 is 2.80 bits per heavy atom. The molecule has 0 atom stereocenters. The van der Waals surface area contributed by atoms with Crippen LogP contribution in [-0.2, 0) is 0 Å². The van der Waals surface area contributed by atoms with Gasteiger partial charge in [0.1, 0.15) is 0 Å². The standard InChI is InChI=1S/C15H20N4S/c1-4-13(5-2)14-17-18-15(20)19(14)16-10-12-8-6-7-11(3)9-12/h6-10,13H,4-5H2,1-3H3,(H,18,20)/b16-10-. The van der Waals surface area contributed by atoms with Crippen LogP contribution in [-0.4, -0.2) is 21.1 Å². The maximum absolute atomic E-state index is 5.26. The Bertz CT molecular complexity index is 650. The van der Waals surface area contributed by atoms with Gasteiger partial charge in [-0.2, -0.15) is 14.9 Å². The summed E-state index contributed by atoms with van der Waals surface area (Å²) in [6, 6.07) is 8.20. The molecule has 0 unspecified atom stereocenters. The zero-order valence-electron chi connectivity index (χ0n) is 12.1. The van der Waals surface area contributed by atoms with Crippen molar-refractivity contribution in [1.29, 1.82) is 0 Å². The minimum Gasteiger partial charge on any atom is -0.250 e. The molecule has 2 aromatic rings. The molecule has 0 aliphatic carbocycles. The van der Waals surface area contributed by atoms with E-state index in [0.717, 1.165) is 24.2 Å². The summed E-state index contributed by atoms with van der Waals surface area (Å²) >= 11 is 5.26. The summed E-state index contributed by atoms with van der Waals surface area (Å²) in [4.78, 5) is 0. The predicted molar refractivity (Wildman–Crippen MR) is 84.9 cm³/mol. The summed E-state index contributed by atoms with van der Waals surface area (Å²) in [5, 5.41) is 11.6. The first-order chi connectivity index (χ1) is 9.65. The molecule has 20 heavy (non-hydrogen) atoms. The molecule has 1 aromatic heterocycles. The Labute approximate surface area is 124 Å². The Hall–Kier alpha value is -1.75. The van der Waals surface area contributed by atoms with Crippen molar-refractivity contribution in [2.45, 2.75) is 39.5 Å². The Morgan fingerprint density at radius 2 is 2.15 bits per heavy atom. The van der Waals surface area contributed by atoms with Crippen molar-refractivity contribution < 1.29 is 0 Å². The van der Waals surface area contributed by atoms with Gasteiger partial charge in [-0.3, -0.25) is 5.10 Å². The van der Waals surface area contributed by atoms with E-state index in [9.17, 15) is 0 Å². The molecule has 1 heterocycles. The third-order valence-electron chi connectivity index (χ3n) is 3.39. The quantitative estimate of drug-likeness (QED) is 0.667. The topological polar surface area (TPSA) is 46.0 Å². The van der Waals surface area contributed by atoms with Gasteiger partial charge in [0.05, 0.1) is 6.21 Å². The number of hydrogen-bond donors (Lipinski definition) is 1. The van der Waals surface area contributed by atoms with Gasteiger partial charge in [-0.1, -0.05) is 43.7 Å². The van der Waals surface area contributed by atoms with Gasteiger partial charge >= 0.3 is 0 Å². The summed E-state index contributed by atoms with van der Waals surface area (Å²) in [7, 11) is 0. The maximum Gasteiger partial charge on any atom is 0.216 e. The highest BCUT2D eigenvalue weighted by Crippen LogP contribution is 2.20. The smallest absolute Gasteiger partial charge is 0.216 e. The van der Waals surface area contributed by atoms with Crippen molar-refractivity contribution in [1.82, 2.24) is 14.9 Å². The number of nitrogens with one attached hydrogen (secondary N) is 1. The fraction of sp³-hybridized carbons (Fsp3) is 0.400. The van der Waals surface area contributed by atoms with Crippen LogP contribution in [0.25, 0.3) is 0 Å². The third-order valence-corrected chi connectivity index (χ3v) is 3.65. The van der Waals surface area contributed by atoms with E-state index < -0.39 is 0 Å². The molecule has 0 fully saturated rings. The van der Waals surface area contributed by atoms with Crippen molar-refractivity contribution in [2.24, 2.45) is 5.10 Å². The second-order valence-corrected chi connectivity index (χ2v) is 5.26. The lowest BCUT2D eigenvalue weighted by molar-refractivity contribution is 0.571. The van der Waals surface area contributed by atoms with Crippen molar-refractivity contribution in [2.75, 3.05) is 0 Å². The monoisotopic (exact) mass is 288 g/mol. The normalized spacial score (nSPS) is 11.6. The number of aryl methyl sites for hydroxylation is 1. The number of H-pyrrole nitrogens is 1. The van der Waals surface area contributed by atoms with Crippen LogP contribution in [0.4, 0.5) is 0 Å². The summed E-state index contributed by atoms with van der Waals surface area (Å²) in [5.41, 5.74) is 2.27. The Kier molecular flexibility index (Phi) is 4.84. The van der Waals surface area contributed by atoms with Crippen LogP contribution in [0.15, 0.2) is 29.4 Å². The summed E-state index contributed by atoms with van der Waals surface area (Å²) in [5.74, 6) is 1.28. The first-order valence-corrected chi connectivity index (χ1v) is 7.34. The molecule has 0 amide bonds. The zero-order chi connectivity index (χ0) is 14.5.